The first kappa shape index (κ1) is 19.3. The molecule has 0 aliphatic carbocycles. The topological polar surface area (TPSA) is 104 Å². The summed E-state index contributed by atoms with van der Waals surface area (Å²) < 4.78 is 0. The van der Waals surface area contributed by atoms with Crippen molar-refractivity contribution in [2.24, 2.45) is 0 Å². The Labute approximate surface area is 165 Å². The number of rotatable bonds is 6. The molecule has 3 rings (SSSR count). The number of aliphatic carboxylic acids is 1. The number of nitrogens with zero attached hydrogens (tertiary/aromatic N) is 3. The zero-order valence-electron chi connectivity index (χ0n) is 14.6. The van der Waals surface area contributed by atoms with Gasteiger partial charge < -0.3 is 10.2 Å². The minimum Gasteiger partial charge on any atom is -0.508 e. The van der Waals surface area contributed by atoms with Gasteiger partial charge in [0.05, 0.1) is 6.54 Å². The van der Waals surface area contributed by atoms with Crippen LogP contribution in [0.2, 0.25) is 5.15 Å². The molecule has 3 aromatic rings. The number of aromatic nitrogens is 2. The number of anilines is 1. The van der Waals surface area contributed by atoms with E-state index in [1.807, 2.05) is 0 Å². The molecule has 0 saturated heterocycles. The van der Waals surface area contributed by atoms with Gasteiger partial charge in [0.2, 0.25) is 5.91 Å². The van der Waals surface area contributed by atoms with Crippen molar-refractivity contribution < 1.29 is 19.8 Å². The molecule has 0 spiro atoms. The molecule has 0 fully saturated rings. The highest BCUT2D eigenvalue weighted by Crippen LogP contribution is 2.25. The third-order valence-electron chi connectivity index (χ3n) is 4.04. The standard InChI is InChI=1S/C20H16ClN3O4/c21-16-9-4-13(11-23-16)12-24(17-3-1-2-10-22-17)19(26)18(20(27)28)14-5-7-15(25)8-6-14/h1-11,18,25H,12H2,(H,27,28). The van der Waals surface area contributed by atoms with Gasteiger partial charge in [-0.05, 0) is 41.5 Å². The number of hydrogen-bond donors (Lipinski definition) is 2. The molecule has 2 aromatic heterocycles. The second-order valence-electron chi connectivity index (χ2n) is 5.96. The number of halogens is 1. The predicted molar refractivity (Wildman–Crippen MR) is 103 cm³/mol. The summed E-state index contributed by atoms with van der Waals surface area (Å²) in [5, 5.41) is 19.5. The Kier molecular flexibility index (Phi) is 5.86. The number of amides is 1. The number of carboxylic acid groups (broad SMARTS) is 1. The second kappa shape index (κ2) is 8.49. The van der Waals surface area contributed by atoms with Crippen molar-refractivity contribution in [2.45, 2.75) is 12.5 Å². The zero-order valence-corrected chi connectivity index (χ0v) is 15.3. The third-order valence-corrected chi connectivity index (χ3v) is 4.27. The Bertz CT molecular complexity index is 963. The lowest BCUT2D eigenvalue weighted by molar-refractivity contribution is -0.142. The van der Waals surface area contributed by atoms with Crippen molar-refractivity contribution >= 4 is 29.3 Å². The van der Waals surface area contributed by atoms with Gasteiger partial charge in [-0.1, -0.05) is 35.9 Å². The largest absolute Gasteiger partial charge is 0.508 e. The monoisotopic (exact) mass is 397 g/mol. The molecule has 2 N–H and O–H groups in total. The highest BCUT2D eigenvalue weighted by atomic mass is 35.5. The lowest BCUT2D eigenvalue weighted by atomic mass is 9.97. The molecule has 28 heavy (non-hydrogen) atoms. The fourth-order valence-corrected chi connectivity index (χ4v) is 2.79. The van der Waals surface area contributed by atoms with Gasteiger partial charge in [-0.25, -0.2) is 9.97 Å². The van der Waals surface area contributed by atoms with Crippen molar-refractivity contribution in [3.05, 3.63) is 83.3 Å². The molecule has 7 nitrogen and oxygen atoms in total. The molecule has 1 atom stereocenters. The Morgan fingerprint density at radius 2 is 1.79 bits per heavy atom. The van der Waals surface area contributed by atoms with Crippen LogP contribution in [-0.4, -0.2) is 32.1 Å². The smallest absolute Gasteiger partial charge is 0.320 e. The van der Waals surface area contributed by atoms with E-state index < -0.39 is 17.8 Å². The van der Waals surface area contributed by atoms with Crippen molar-refractivity contribution in [1.29, 1.82) is 0 Å². The molecule has 1 amide bonds. The molecular weight excluding hydrogens is 382 g/mol. The maximum absolute atomic E-state index is 13.2. The van der Waals surface area contributed by atoms with Gasteiger partial charge in [-0.2, -0.15) is 0 Å². The van der Waals surface area contributed by atoms with Crippen molar-refractivity contribution in [3.8, 4) is 5.75 Å². The molecular formula is C20H16ClN3O4. The minimum absolute atomic E-state index is 0.0193. The van der Waals surface area contributed by atoms with Crippen molar-refractivity contribution in [2.75, 3.05) is 4.90 Å². The van der Waals surface area contributed by atoms with E-state index >= 15 is 0 Å². The number of phenols is 1. The van der Waals surface area contributed by atoms with Crippen molar-refractivity contribution in [1.82, 2.24) is 9.97 Å². The Morgan fingerprint density at radius 1 is 1.04 bits per heavy atom. The number of carbonyl (C=O) groups excluding carboxylic acids is 1. The van der Waals surface area contributed by atoms with Gasteiger partial charge in [0.25, 0.3) is 0 Å². The minimum atomic E-state index is -1.46. The number of pyridine rings is 2. The van der Waals surface area contributed by atoms with E-state index in [1.54, 1.807) is 30.3 Å². The Hall–Kier alpha value is -3.45. The Morgan fingerprint density at radius 3 is 2.36 bits per heavy atom. The maximum atomic E-state index is 13.2. The fourth-order valence-electron chi connectivity index (χ4n) is 2.68. The average molecular weight is 398 g/mol. The molecule has 0 radical (unpaired) electrons. The normalized spacial score (nSPS) is 11.6. The molecule has 8 heteroatoms. The summed E-state index contributed by atoms with van der Waals surface area (Å²) in [7, 11) is 0. The predicted octanol–water partition coefficient (Wildman–Crippen LogP) is 3.24. The van der Waals surface area contributed by atoms with Gasteiger partial charge in [0.1, 0.15) is 16.7 Å². The highest BCUT2D eigenvalue weighted by molar-refractivity contribution is 6.29. The zero-order chi connectivity index (χ0) is 20.1. The molecule has 142 valence electrons. The molecule has 1 unspecified atom stereocenters. The van der Waals surface area contributed by atoms with Crippen LogP contribution in [0.25, 0.3) is 0 Å². The van der Waals surface area contributed by atoms with Crippen LogP contribution < -0.4 is 4.90 Å². The first-order valence-corrected chi connectivity index (χ1v) is 8.68. The van der Waals surface area contributed by atoms with E-state index in [0.717, 1.165) is 0 Å². The van der Waals surface area contributed by atoms with Crippen LogP contribution in [0.5, 0.6) is 5.75 Å². The summed E-state index contributed by atoms with van der Waals surface area (Å²) in [6, 6.07) is 13.8. The number of phenolic OH excluding ortho intramolecular Hbond substituents is 1. The first-order valence-electron chi connectivity index (χ1n) is 8.30. The number of carbonyl (C=O) groups is 2. The number of carboxylic acids is 1. The van der Waals surface area contributed by atoms with E-state index in [9.17, 15) is 19.8 Å². The van der Waals surface area contributed by atoms with Crippen LogP contribution in [0.4, 0.5) is 5.82 Å². The van der Waals surface area contributed by atoms with Crippen molar-refractivity contribution in [3.63, 3.8) is 0 Å². The van der Waals surface area contributed by atoms with Gasteiger partial charge in [-0.3, -0.25) is 14.5 Å². The molecule has 0 aliphatic heterocycles. The summed E-state index contributed by atoms with van der Waals surface area (Å²) in [6.07, 6.45) is 3.04. The maximum Gasteiger partial charge on any atom is 0.320 e. The van der Waals surface area contributed by atoms with Gasteiger partial charge >= 0.3 is 5.97 Å². The highest BCUT2D eigenvalue weighted by Gasteiger charge is 2.33. The Balaban J connectivity index is 1.99. The summed E-state index contributed by atoms with van der Waals surface area (Å²) in [5.41, 5.74) is 0.920. The van der Waals surface area contributed by atoms with Crippen LogP contribution in [-0.2, 0) is 16.1 Å². The molecule has 0 saturated carbocycles. The van der Waals surface area contributed by atoms with Gasteiger partial charge in [0, 0.05) is 12.4 Å². The quantitative estimate of drug-likeness (QED) is 0.489. The van der Waals surface area contributed by atoms with E-state index in [-0.39, 0.29) is 17.9 Å². The lowest BCUT2D eigenvalue weighted by Gasteiger charge is -2.25. The van der Waals surface area contributed by atoms with Crippen LogP contribution >= 0.6 is 11.6 Å². The van der Waals surface area contributed by atoms with Crippen LogP contribution in [0.1, 0.15) is 17.0 Å². The van der Waals surface area contributed by atoms with E-state index in [0.29, 0.717) is 16.5 Å². The fraction of sp³-hybridized carbons (Fsp3) is 0.100. The second-order valence-corrected chi connectivity index (χ2v) is 6.35. The van der Waals surface area contributed by atoms with E-state index in [2.05, 4.69) is 9.97 Å². The third kappa shape index (κ3) is 4.44. The summed E-state index contributed by atoms with van der Waals surface area (Å²) >= 11 is 5.81. The van der Waals surface area contributed by atoms with Crippen LogP contribution in [0.3, 0.4) is 0 Å². The van der Waals surface area contributed by atoms with E-state index in [1.165, 1.54) is 41.6 Å². The van der Waals surface area contributed by atoms with Crippen LogP contribution in [0.15, 0.2) is 67.0 Å². The summed E-state index contributed by atoms with van der Waals surface area (Å²) in [6.45, 7) is 0.0713. The average Bonchev–Trinajstić information content (AvgIpc) is 2.69. The summed E-state index contributed by atoms with van der Waals surface area (Å²) in [4.78, 5) is 34.6. The summed E-state index contributed by atoms with van der Waals surface area (Å²) in [5.74, 6) is -3.12. The van der Waals surface area contributed by atoms with Crippen LogP contribution in [0, 0.1) is 0 Å². The number of benzene rings is 1. The molecule has 0 aliphatic rings. The first-order chi connectivity index (χ1) is 13.5. The van der Waals surface area contributed by atoms with Gasteiger partial charge in [-0.15, -0.1) is 0 Å². The molecule has 1 aromatic carbocycles. The van der Waals surface area contributed by atoms with Gasteiger partial charge in [0.15, 0.2) is 5.92 Å². The molecule has 2 heterocycles. The number of hydrogen-bond acceptors (Lipinski definition) is 5. The number of aromatic hydroxyl groups is 1. The SMILES string of the molecule is O=C(O)C(C(=O)N(Cc1ccc(Cl)nc1)c1ccccn1)c1ccc(O)cc1. The van der Waals surface area contributed by atoms with E-state index in [4.69, 9.17) is 11.6 Å². The molecule has 0 bridgehead atoms. The lowest BCUT2D eigenvalue weighted by Crippen LogP contribution is -2.38.